The van der Waals surface area contributed by atoms with Crippen LogP contribution in [0.1, 0.15) is 20.8 Å². The van der Waals surface area contributed by atoms with Gasteiger partial charge in [0.25, 0.3) is 0 Å². The number of carbonyl (C=O) groups is 1. The summed E-state index contributed by atoms with van der Waals surface area (Å²) in [6.45, 7) is 10.4. The number of rotatable bonds is 7. The molecule has 2 N–H and O–H groups in total. The van der Waals surface area contributed by atoms with Gasteiger partial charge in [0, 0.05) is 44.3 Å². The molecule has 1 amide bonds. The van der Waals surface area contributed by atoms with Gasteiger partial charge in [0.2, 0.25) is 5.91 Å². The molecule has 1 aromatic carbocycles. The quantitative estimate of drug-likeness (QED) is 0.318. The monoisotopic (exact) mass is 537 g/mol. The van der Waals surface area contributed by atoms with Crippen molar-refractivity contribution in [2.24, 2.45) is 4.99 Å². The first-order valence-corrected chi connectivity index (χ1v) is 10.1. The van der Waals surface area contributed by atoms with Crippen LogP contribution in [0.4, 0.5) is 0 Å². The fourth-order valence-electron chi connectivity index (χ4n) is 3.04. The van der Waals surface area contributed by atoms with Gasteiger partial charge in [0.05, 0.1) is 13.1 Å². The number of nitrogens with one attached hydrogen (secondary N) is 2. The van der Waals surface area contributed by atoms with Gasteiger partial charge in [-0.15, -0.1) is 24.0 Å². The first-order chi connectivity index (χ1) is 13.4. The molecule has 0 spiro atoms. The van der Waals surface area contributed by atoms with E-state index in [1.807, 2.05) is 45.0 Å². The maximum Gasteiger partial charge on any atom is 0.234 e. The van der Waals surface area contributed by atoms with Gasteiger partial charge in [-0.2, -0.15) is 0 Å². The van der Waals surface area contributed by atoms with E-state index in [-0.39, 0.29) is 42.0 Å². The summed E-state index contributed by atoms with van der Waals surface area (Å²) >= 11 is 5.90. The van der Waals surface area contributed by atoms with E-state index in [0.717, 1.165) is 37.9 Å². The van der Waals surface area contributed by atoms with Crippen molar-refractivity contribution in [2.45, 2.75) is 32.9 Å². The molecule has 1 unspecified atom stereocenters. The Morgan fingerprint density at radius 1 is 1.17 bits per heavy atom. The summed E-state index contributed by atoms with van der Waals surface area (Å²) in [6.07, 6.45) is -0.0149. The van der Waals surface area contributed by atoms with Gasteiger partial charge in [-0.1, -0.05) is 11.6 Å². The highest BCUT2D eigenvalue weighted by Crippen LogP contribution is 2.16. The van der Waals surface area contributed by atoms with Crippen molar-refractivity contribution >= 4 is 47.4 Å². The smallest absolute Gasteiger partial charge is 0.234 e. The number of aliphatic imine (C=N–C) groups is 1. The third-order valence-corrected chi connectivity index (χ3v) is 4.65. The molecule has 2 rings (SSSR count). The second-order valence-corrected chi connectivity index (χ2v) is 7.73. The van der Waals surface area contributed by atoms with E-state index in [1.165, 1.54) is 0 Å². The molecule has 1 saturated heterocycles. The van der Waals surface area contributed by atoms with E-state index in [2.05, 4.69) is 25.4 Å². The van der Waals surface area contributed by atoms with Crippen molar-refractivity contribution in [3.8, 4) is 5.75 Å². The number of hydrogen-bond acceptors (Lipinski definition) is 4. The lowest BCUT2D eigenvalue weighted by Crippen LogP contribution is -2.55. The summed E-state index contributed by atoms with van der Waals surface area (Å²) in [5.41, 5.74) is 0. The average Bonchev–Trinajstić information content (AvgIpc) is 2.64. The van der Waals surface area contributed by atoms with Gasteiger partial charge in [-0.05, 0) is 45.0 Å². The third-order valence-electron chi connectivity index (χ3n) is 4.40. The molecule has 1 aliphatic heterocycles. The van der Waals surface area contributed by atoms with Gasteiger partial charge in [0.1, 0.15) is 11.9 Å². The van der Waals surface area contributed by atoms with E-state index in [0.29, 0.717) is 18.1 Å². The first-order valence-electron chi connectivity index (χ1n) is 9.77. The molecule has 1 atom stereocenters. The number of ether oxygens (including phenoxy) is 1. The summed E-state index contributed by atoms with van der Waals surface area (Å²) < 4.78 is 5.90. The van der Waals surface area contributed by atoms with Crippen LogP contribution in [-0.4, -0.2) is 80.1 Å². The highest BCUT2D eigenvalue weighted by Gasteiger charge is 2.21. The zero-order valence-corrected chi connectivity index (χ0v) is 20.7. The van der Waals surface area contributed by atoms with Crippen LogP contribution < -0.4 is 15.4 Å². The number of halogens is 2. The second-order valence-electron chi connectivity index (χ2n) is 7.30. The minimum absolute atomic E-state index is 0. The van der Waals surface area contributed by atoms with Crippen LogP contribution in [0.3, 0.4) is 0 Å². The van der Waals surface area contributed by atoms with E-state index in [9.17, 15) is 4.79 Å². The van der Waals surface area contributed by atoms with E-state index in [1.54, 1.807) is 7.05 Å². The Balaban J connectivity index is 0.00000420. The Labute approximate surface area is 196 Å². The maximum atomic E-state index is 11.9. The fraction of sp³-hybridized carbons (Fsp3) is 0.600. The normalized spacial score (nSPS) is 16.2. The maximum absolute atomic E-state index is 11.9. The minimum atomic E-state index is -0.0149. The summed E-state index contributed by atoms with van der Waals surface area (Å²) in [5.74, 6) is 1.74. The van der Waals surface area contributed by atoms with Crippen molar-refractivity contribution in [1.29, 1.82) is 0 Å². The molecular weight excluding hydrogens is 505 g/mol. The van der Waals surface area contributed by atoms with Crippen molar-refractivity contribution in [3.05, 3.63) is 29.3 Å². The number of amides is 1. The zero-order chi connectivity index (χ0) is 20.5. The fourth-order valence-corrected chi connectivity index (χ4v) is 3.17. The van der Waals surface area contributed by atoms with Crippen molar-refractivity contribution < 1.29 is 9.53 Å². The van der Waals surface area contributed by atoms with Gasteiger partial charge in [-0.25, -0.2) is 0 Å². The van der Waals surface area contributed by atoms with E-state index < -0.39 is 0 Å². The van der Waals surface area contributed by atoms with Crippen molar-refractivity contribution in [3.63, 3.8) is 0 Å². The molecule has 29 heavy (non-hydrogen) atoms. The molecule has 7 nitrogen and oxygen atoms in total. The van der Waals surface area contributed by atoms with Gasteiger partial charge in [-0.3, -0.25) is 14.7 Å². The van der Waals surface area contributed by atoms with Crippen LogP contribution in [0.15, 0.2) is 29.3 Å². The molecule has 1 fully saturated rings. The molecular formula is C20H33ClIN5O2. The number of piperazine rings is 1. The summed E-state index contributed by atoms with van der Waals surface area (Å²) in [4.78, 5) is 20.7. The Bertz CT molecular complexity index is 649. The van der Waals surface area contributed by atoms with Crippen LogP contribution in [0.2, 0.25) is 5.02 Å². The highest BCUT2D eigenvalue weighted by molar-refractivity contribution is 14.0. The SMILES string of the molecule is CN=C(NCC(C)Oc1ccc(Cl)cc1)N1CCN(CC(=O)NC(C)C)CC1.I. The molecule has 9 heteroatoms. The van der Waals surface area contributed by atoms with Crippen molar-refractivity contribution in [1.82, 2.24) is 20.4 Å². The number of guanidine groups is 1. The Morgan fingerprint density at radius 2 is 1.79 bits per heavy atom. The van der Waals surface area contributed by atoms with Crippen molar-refractivity contribution in [2.75, 3.05) is 46.3 Å². The largest absolute Gasteiger partial charge is 0.489 e. The van der Waals surface area contributed by atoms with E-state index >= 15 is 0 Å². The topological polar surface area (TPSA) is 69.2 Å². The predicted octanol–water partition coefficient (Wildman–Crippen LogP) is 2.44. The lowest BCUT2D eigenvalue weighted by atomic mass is 10.3. The zero-order valence-electron chi connectivity index (χ0n) is 17.7. The molecule has 1 aromatic rings. The molecule has 0 aliphatic carbocycles. The third kappa shape index (κ3) is 9.39. The van der Waals surface area contributed by atoms with Gasteiger partial charge >= 0.3 is 0 Å². The van der Waals surface area contributed by atoms with Gasteiger partial charge in [0.15, 0.2) is 5.96 Å². The Morgan fingerprint density at radius 3 is 2.34 bits per heavy atom. The number of hydrogen-bond donors (Lipinski definition) is 2. The van der Waals surface area contributed by atoms with Crippen LogP contribution >= 0.6 is 35.6 Å². The lowest BCUT2D eigenvalue weighted by Gasteiger charge is -2.36. The Hall–Kier alpha value is -1.26. The van der Waals surface area contributed by atoms with Crippen LogP contribution in [0.25, 0.3) is 0 Å². The second kappa shape index (κ2) is 13.1. The standard InChI is InChI=1S/C20H32ClN5O2.HI/c1-15(2)24-19(27)14-25-9-11-26(12-10-25)20(22-4)23-13-16(3)28-18-7-5-17(21)6-8-18;/h5-8,15-16H,9-14H2,1-4H3,(H,22,23)(H,24,27);1H. The molecule has 0 saturated carbocycles. The molecule has 1 aliphatic rings. The van der Waals surface area contributed by atoms with Crippen LogP contribution in [-0.2, 0) is 4.79 Å². The van der Waals surface area contributed by atoms with Crippen LogP contribution in [0, 0.1) is 0 Å². The minimum Gasteiger partial charge on any atom is -0.489 e. The van der Waals surface area contributed by atoms with E-state index in [4.69, 9.17) is 16.3 Å². The molecule has 164 valence electrons. The molecule has 0 bridgehead atoms. The first kappa shape index (κ1) is 25.8. The summed E-state index contributed by atoms with van der Waals surface area (Å²) in [6, 6.07) is 7.53. The number of benzene rings is 1. The Kier molecular flexibility index (Phi) is 11.7. The molecule has 1 heterocycles. The van der Waals surface area contributed by atoms with Crippen LogP contribution in [0.5, 0.6) is 5.75 Å². The molecule has 0 radical (unpaired) electrons. The predicted molar refractivity (Wildman–Crippen MR) is 130 cm³/mol. The highest BCUT2D eigenvalue weighted by atomic mass is 127. The average molecular weight is 538 g/mol. The summed E-state index contributed by atoms with van der Waals surface area (Å²) in [5, 5.41) is 7.01. The summed E-state index contributed by atoms with van der Waals surface area (Å²) in [7, 11) is 1.79. The number of nitrogens with zero attached hydrogens (tertiary/aromatic N) is 3. The molecule has 0 aromatic heterocycles. The van der Waals surface area contributed by atoms with Gasteiger partial charge < -0.3 is 20.3 Å². The number of carbonyl (C=O) groups excluding carboxylic acids is 1. The lowest BCUT2D eigenvalue weighted by molar-refractivity contribution is -0.123.